The minimum Gasteiger partial charge on any atom is -0.333 e. The van der Waals surface area contributed by atoms with E-state index in [9.17, 15) is 14.9 Å². The van der Waals surface area contributed by atoms with Crippen LogP contribution in [0.1, 0.15) is 0 Å². The molecule has 1 aromatic rings. The number of aromatic nitrogens is 2. The molecule has 74 valence electrons. The summed E-state index contributed by atoms with van der Waals surface area (Å²) in [5.74, 6) is 0. The normalized spacial score (nSPS) is 9.43. The Bertz CT molecular complexity index is 371. The van der Waals surface area contributed by atoms with Crippen molar-refractivity contribution in [2.24, 2.45) is 0 Å². The van der Waals surface area contributed by atoms with Gasteiger partial charge in [-0.2, -0.15) is 9.78 Å². The van der Waals surface area contributed by atoms with Gasteiger partial charge in [0.25, 0.3) is 0 Å². The molecule has 7 nitrogen and oxygen atoms in total. The number of amides is 1. The summed E-state index contributed by atoms with van der Waals surface area (Å²) in [4.78, 5) is 20.8. The summed E-state index contributed by atoms with van der Waals surface area (Å²) in [6, 6.07) is -0.530. The maximum atomic E-state index is 11.2. The summed E-state index contributed by atoms with van der Waals surface area (Å²) < 4.78 is 0.863. The highest BCUT2D eigenvalue weighted by atomic mass is 16.6. The van der Waals surface area contributed by atoms with E-state index < -0.39 is 11.0 Å². The summed E-state index contributed by atoms with van der Waals surface area (Å²) in [7, 11) is 0. The average molecular weight is 196 g/mol. The quantitative estimate of drug-likeness (QED) is 0.434. The van der Waals surface area contributed by atoms with Crippen LogP contribution in [-0.4, -0.2) is 27.3 Å². The van der Waals surface area contributed by atoms with Crippen molar-refractivity contribution < 1.29 is 9.72 Å². The Morgan fingerprint density at radius 3 is 3.07 bits per heavy atom. The lowest BCUT2D eigenvalue weighted by Gasteiger charge is -1.99. The van der Waals surface area contributed by atoms with E-state index in [2.05, 4.69) is 17.0 Å². The van der Waals surface area contributed by atoms with Gasteiger partial charge in [0.15, 0.2) is 0 Å². The zero-order valence-corrected chi connectivity index (χ0v) is 7.21. The van der Waals surface area contributed by atoms with Crippen LogP contribution in [0.5, 0.6) is 0 Å². The van der Waals surface area contributed by atoms with Gasteiger partial charge in [0, 0.05) is 6.54 Å². The second-order valence-corrected chi connectivity index (χ2v) is 2.37. The first-order valence-electron chi connectivity index (χ1n) is 3.73. The molecule has 0 saturated heterocycles. The molecule has 0 aliphatic rings. The third-order valence-electron chi connectivity index (χ3n) is 1.39. The molecule has 0 unspecified atom stereocenters. The minimum atomic E-state index is -0.621. The number of hydrogen-bond donors (Lipinski definition) is 1. The van der Waals surface area contributed by atoms with E-state index in [0.717, 1.165) is 17.1 Å². The van der Waals surface area contributed by atoms with E-state index in [1.165, 1.54) is 6.08 Å². The van der Waals surface area contributed by atoms with Crippen LogP contribution >= 0.6 is 0 Å². The molecule has 0 aliphatic carbocycles. The van der Waals surface area contributed by atoms with Crippen molar-refractivity contribution >= 4 is 11.7 Å². The second kappa shape index (κ2) is 4.17. The van der Waals surface area contributed by atoms with Gasteiger partial charge in [-0.05, 0) is 0 Å². The largest absolute Gasteiger partial charge is 0.342 e. The van der Waals surface area contributed by atoms with Crippen LogP contribution in [0.25, 0.3) is 0 Å². The fourth-order valence-electron chi connectivity index (χ4n) is 0.759. The van der Waals surface area contributed by atoms with Gasteiger partial charge >= 0.3 is 11.7 Å². The van der Waals surface area contributed by atoms with Gasteiger partial charge in [-0.1, -0.05) is 6.08 Å². The number of hydrogen-bond acceptors (Lipinski definition) is 4. The van der Waals surface area contributed by atoms with Crippen molar-refractivity contribution in [3.05, 3.63) is 35.2 Å². The molecule has 1 amide bonds. The van der Waals surface area contributed by atoms with Gasteiger partial charge in [0.1, 0.15) is 12.4 Å². The second-order valence-electron chi connectivity index (χ2n) is 2.37. The van der Waals surface area contributed by atoms with Crippen molar-refractivity contribution in [3.8, 4) is 0 Å². The molecule has 7 heteroatoms. The molecule has 0 aliphatic heterocycles. The van der Waals surface area contributed by atoms with E-state index in [0.29, 0.717) is 0 Å². The van der Waals surface area contributed by atoms with Crippen LogP contribution in [0.2, 0.25) is 0 Å². The maximum Gasteiger partial charge on any atom is 0.342 e. The number of carbonyl (C=O) groups excluding carboxylic acids is 1. The lowest BCUT2D eigenvalue weighted by molar-refractivity contribution is -0.384. The highest BCUT2D eigenvalue weighted by Gasteiger charge is 2.12. The van der Waals surface area contributed by atoms with Crippen molar-refractivity contribution in [1.82, 2.24) is 15.1 Å². The molecule has 0 saturated carbocycles. The fraction of sp³-hybridized carbons (Fsp3) is 0.143. The Morgan fingerprint density at radius 2 is 2.57 bits per heavy atom. The topological polar surface area (TPSA) is 90.1 Å². The molecule has 0 bridgehead atoms. The summed E-state index contributed by atoms with van der Waals surface area (Å²) >= 11 is 0. The minimum absolute atomic E-state index is 0.223. The number of nitro groups is 1. The Kier molecular flexibility index (Phi) is 2.95. The Hall–Kier alpha value is -2.18. The van der Waals surface area contributed by atoms with Crippen LogP contribution in [-0.2, 0) is 0 Å². The van der Waals surface area contributed by atoms with Crippen molar-refractivity contribution in [2.45, 2.75) is 0 Å². The molecule has 1 N–H and O–H groups in total. The lowest BCUT2D eigenvalue weighted by atomic mass is 10.6. The van der Waals surface area contributed by atoms with Gasteiger partial charge in [-0.3, -0.25) is 10.1 Å². The molecule has 0 radical (unpaired) electrons. The molecule has 1 rings (SSSR count). The molecule has 0 fully saturated rings. The number of nitrogens with one attached hydrogen (secondary N) is 1. The van der Waals surface area contributed by atoms with Crippen LogP contribution in [0.15, 0.2) is 25.0 Å². The standard InChI is InChI=1S/C7H8N4O3/c1-2-3-8-7(12)10-5-6(4-9-10)11(13)14/h2,4-5H,1,3H2,(H,8,12). The number of nitrogens with zero attached hydrogens (tertiary/aromatic N) is 3. The van der Waals surface area contributed by atoms with Gasteiger partial charge in [-0.25, -0.2) is 4.79 Å². The Labute approximate surface area is 79.2 Å². The molecule has 1 heterocycles. The molecule has 1 aromatic heterocycles. The van der Waals surface area contributed by atoms with E-state index in [1.54, 1.807) is 0 Å². The van der Waals surface area contributed by atoms with Crippen LogP contribution < -0.4 is 5.32 Å². The van der Waals surface area contributed by atoms with Crippen molar-refractivity contribution in [3.63, 3.8) is 0 Å². The van der Waals surface area contributed by atoms with E-state index in [1.807, 2.05) is 0 Å². The van der Waals surface area contributed by atoms with E-state index in [4.69, 9.17) is 0 Å². The molecule has 0 atom stereocenters. The van der Waals surface area contributed by atoms with Gasteiger partial charge in [0.2, 0.25) is 0 Å². The summed E-state index contributed by atoms with van der Waals surface area (Å²) in [6.45, 7) is 3.69. The SMILES string of the molecule is C=CCNC(=O)n1cc([N+](=O)[O-])cn1. The zero-order valence-electron chi connectivity index (χ0n) is 7.21. The molecular formula is C7H8N4O3. The first-order valence-corrected chi connectivity index (χ1v) is 3.73. The summed E-state index contributed by atoms with van der Waals surface area (Å²) in [6.07, 6.45) is 3.54. The predicted octanol–water partition coefficient (Wildman–Crippen LogP) is 0.535. The van der Waals surface area contributed by atoms with E-state index in [-0.39, 0.29) is 12.2 Å². The Balaban J connectivity index is 2.71. The fourth-order valence-corrected chi connectivity index (χ4v) is 0.759. The van der Waals surface area contributed by atoms with Gasteiger partial charge in [-0.15, -0.1) is 6.58 Å². The number of carbonyl (C=O) groups is 1. The van der Waals surface area contributed by atoms with Crippen LogP contribution in [0, 0.1) is 10.1 Å². The predicted molar refractivity (Wildman–Crippen MR) is 47.9 cm³/mol. The highest BCUT2D eigenvalue weighted by molar-refractivity contribution is 5.76. The average Bonchev–Trinajstić information content (AvgIpc) is 2.62. The lowest BCUT2D eigenvalue weighted by Crippen LogP contribution is -2.28. The Morgan fingerprint density at radius 1 is 1.86 bits per heavy atom. The highest BCUT2D eigenvalue weighted by Crippen LogP contribution is 2.06. The van der Waals surface area contributed by atoms with Gasteiger partial charge < -0.3 is 5.32 Å². The van der Waals surface area contributed by atoms with Crippen LogP contribution in [0.4, 0.5) is 10.5 Å². The first-order chi connectivity index (χ1) is 6.65. The third-order valence-corrected chi connectivity index (χ3v) is 1.39. The van der Waals surface area contributed by atoms with Crippen LogP contribution in [0.3, 0.4) is 0 Å². The molecular weight excluding hydrogens is 188 g/mol. The number of rotatable bonds is 3. The smallest absolute Gasteiger partial charge is 0.333 e. The third kappa shape index (κ3) is 2.16. The molecule has 14 heavy (non-hydrogen) atoms. The van der Waals surface area contributed by atoms with Crippen molar-refractivity contribution in [2.75, 3.05) is 6.54 Å². The zero-order chi connectivity index (χ0) is 10.6. The maximum absolute atomic E-state index is 11.2. The molecule has 0 spiro atoms. The monoisotopic (exact) mass is 196 g/mol. The first kappa shape index (κ1) is 9.90. The van der Waals surface area contributed by atoms with E-state index >= 15 is 0 Å². The van der Waals surface area contributed by atoms with Gasteiger partial charge in [0.05, 0.1) is 4.92 Å². The molecule has 0 aromatic carbocycles. The van der Waals surface area contributed by atoms with Crippen molar-refractivity contribution in [1.29, 1.82) is 0 Å². The summed E-state index contributed by atoms with van der Waals surface area (Å²) in [5.41, 5.74) is -0.223. The summed E-state index contributed by atoms with van der Waals surface area (Å²) in [5, 5.41) is 16.2.